The molecule has 0 bridgehead atoms. The van der Waals surface area contributed by atoms with Gasteiger partial charge in [-0.15, -0.1) is 0 Å². The van der Waals surface area contributed by atoms with Crippen molar-refractivity contribution in [1.29, 1.82) is 0 Å². The van der Waals surface area contributed by atoms with Crippen LogP contribution in [0.4, 0.5) is 0 Å². The molecule has 84 valence electrons. The van der Waals surface area contributed by atoms with Crippen molar-refractivity contribution in [2.75, 3.05) is 0 Å². The molecule has 0 atom stereocenters. The van der Waals surface area contributed by atoms with Crippen LogP contribution in [0.25, 0.3) is 11.5 Å². The van der Waals surface area contributed by atoms with E-state index >= 15 is 0 Å². The highest BCUT2D eigenvalue weighted by atomic mass is 79.9. The quantitative estimate of drug-likeness (QED) is 0.918. The molecule has 1 aromatic heterocycles. The summed E-state index contributed by atoms with van der Waals surface area (Å²) in [5.74, 6) is 1.30. The van der Waals surface area contributed by atoms with E-state index in [1.807, 2.05) is 13.8 Å². The average Bonchev–Trinajstić information content (AvgIpc) is 2.70. The van der Waals surface area contributed by atoms with Gasteiger partial charge in [0.2, 0.25) is 0 Å². The van der Waals surface area contributed by atoms with Gasteiger partial charge in [0.25, 0.3) is 5.89 Å². The smallest absolute Gasteiger partial charge is 0.261 e. The number of aromatic hydroxyl groups is 1. The molecule has 16 heavy (non-hydrogen) atoms. The summed E-state index contributed by atoms with van der Waals surface area (Å²) in [4.78, 5) is 4.22. The van der Waals surface area contributed by atoms with Crippen molar-refractivity contribution in [2.24, 2.45) is 0 Å². The van der Waals surface area contributed by atoms with E-state index in [9.17, 15) is 5.11 Å². The maximum atomic E-state index is 9.69. The first kappa shape index (κ1) is 11.1. The standard InChI is InChI=1S/C11H11BrN2O2/c1-6(2)10-13-11(16-14-10)8-5-7(12)3-4-9(8)15/h3-6,15H,1-2H3. The number of nitrogens with zero attached hydrogens (tertiary/aromatic N) is 2. The Hall–Kier alpha value is -1.36. The lowest BCUT2D eigenvalue weighted by atomic mass is 10.2. The molecule has 0 saturated heterocycles. The van der Waals surface area contributed by atoms with Gasteiger partial charge < -0.3 is 9.63 Å². The molecule has 2 aromatic rings. The summed E-state index contributed by atoms with van der Waals surface area (Å²) in [6.45, 7) is 3.96. The largest absolute Gasteiger partial charge is 0.507 e. The maximum absolute atomic E-state index is 9.69. The van der Waals surface area contributed by atoms with Gasteiger partial charge in [-0.2, -0.15) is 4.98 Å². The lowest BCUT2D eigenvalue weighted by Crippen LogP contribution is -1.89. The number of hydrogen-bond acceptors (Lipinski definition) is 4. The predicted molar refractivity (Wildman–Crippen MR) is 63.2 cm³/mol. The van der Waals surface area contributed by atoms with Crippen LogP contribution in [0.5, 0.6) is 5.75 Å². The fraction of sp³-hybridized carbons (Fsp3) is 0.273. The number of aromatic nitrogens is 2. The molecule has 5 heteroatoms. The van der Waals surface area contributed by atoms with Gasteiger partial charge in [-0.1, -0.05) is 34.9 Å². The minimum absolute atomic E-state index is 0.127. The van der Waals surface area contributed by atoms with Crippen molar-refractivity contribution in [2.45, 2.75) is 19.8 Å². The summed E-state index contributed by atoms with van der Waals surface area (Å²) in [7, 11) is 0. The zero-order valence-corrected chi connectivity index (χ0v) is 10.5. The van der Waals surface area contributed by atoms with Gasteiger partial charge in [0.05, 0.1) is 5.56 Å². The minimum atomic E-state index is 0.127. The van der Waals surface area contributed by atoms with Gasteiger partial charge in [0.1, 0.15) is 5.75 Å². The number of halogens is 1. The third-order valence-corrected chi connectivity index (χ3v) is 2.64. The molecule has 1 N–H and O–H groups in total. The van der Waals surface area contributed by atoms with Crippen molar-refractivity contribution in [3.63, 3.8) is 0 Å². The second kappa shape index (κ2) is 4.25. The topological polar surface area (TPSA) is 59.2 Å². The van der Waals surface area contributed by atoms with E-state index in [4.69, 9.17) is 4.52 Å². The van der Waals surface area contributed by atoms with Gasteiger partial charge >= 0.3 is 0 Å². The van der Waals surface area contributed by atoms with E-state index in [-0.39, 0.29) is 11.7 Å². The SMILES string of the molecule is CC(C)c1noc(-c2cc(Br)ccc2O)n1. The molecule has 2 rings (SSSR count). The Morgan fingerprint density at radius 1 is 1.38 bits per heavy atom. The molecular formula is C11H11BrN2O2. The number of benzene rings is 1. The van der Waals surface area contributed by atoms with Crippen LogP contribution in [0.15, 0.2) is 27.2 Å². The Kier molecular flexibility index (Phi) is 2.96. The third-order valence-electron chi connectivity index (χ3n) is 2.15. The van der Waals surface area contributed by atoms with E-state index in [0.717, 1.165) is 4.47 Å². The number of rotatable bonds is 2. The van der Waals surface area contributed by atoms with Crippen LogP contribution in [-0.2, 0) is 0 Å². The van der Waals surface area contributed by atoms with Crippen molar-refractivity contribution >= 4 is 15.9 Å². The van der Waals surface area contributed by atoms with Crippen LogP contribution in [0.1, 0.15) is 25.6 Å². The molecular weight excluding hydrogens is 272 g/mol. The Morgan fingerprint density at radius 2 is 2.12 bits per heavy atom. The van der Waals surface area contributed by atoms with Crippen LogP contribution < -0.4 is 0 Å². The molecule has 1 aromatic carbocycles. The highest BCUT2D eigenvalue weighted by molar-refractivity contribution is 9.10. The lowest BCUT2D eigenvalue weighted by molar-refractivity contribution is 0.414. The maximum Gasteiger partial charge on any atom is 0.261 e. The van der Waals surface area contributed by atoms with Gasteiger partial charge in [-0.3, -0.25) is 0 Å². The monoisotopic (exact) mass is 282 g/mol. The minimum Gasteiger partial charge on any atom is -0.507 e. The Bertz CT molecular complexity index is 508. The van der Waals surface area contributed by atoms with Gasteiger partial charge in [0, 0.05) is 10.4 Å². The molecule has 0 unspecified atom stereocenters. The van der Waals surface area contributed by atoms with Crippen LogP contribution in [0.2, 0.25) is 0 Å². The average molecular weight is 283 g/mol. The second-order valence-electron chi connectivity index (χ2n) is 3.77. The summed E-state index contributed by atoms with van der Waals surface area (Å²) < 4.78 is 5.96. The molecule has 1 heterocycles. The molecule has 0 saturated carbocycles. The molecule has 4 nitrogen and oxygen atoms in total. The molecule has 0 radical (unpaired) electrons. The summed E-state index contributed by atoms with van der Waals surface area (Å²) in [5.41, 5.74) is 0.536. The fourth-order valence-corrected chi connectivity index (χ4v) is 1.62. The summed E-state index contributed by atoms with van der Waals surface area (Å²) >= 11 is 3.33. The van der Waals surface area contributed by atoms with Gasteiger partial charge in [0.15, 0.2) is 5.82 Å². The molecule has 0 aliphatic heterocycles. The highest BCUT2D eigenvalue weighted by Gasteiger charge is 2.14. The third kappa shape index (κ3) is 2.09. The van der Waals surface area contributed by atoms with E-state index in [0.29, 0.717) is 17.3 Å². The van der Waals surface area contributed by atoms with E-state index < -0.39 is 0 Å². The van der Waals surface area contributed by atoms with Crippen molar-refractivity contribution < 1.29 is 9.63 Å². The molecule has 0 aliphatic carbocycles. The zero-order valence-electron chi connectivity index (χ0n) is 8.94. The second-order valence-corrected chi connectivity index (χ2v) is 4.69. The molecule has 0 aliphatic rings. The Morgan fingerprint density at radius 3 is 2.75 bits per heavy atom. The summed E-state index contributed by atoms with van der Waals surface area (Å²) in [5, 5.41) is 13.5. The Labute approximate surface area is 101 Å². The van der Waals surface area contributed by atoms with Crippen LogP contribution >= 0.6 is 15.9 Å². The number of phenolic OH excluding ortho intramolecular Hbond substituents is 1. The van der Waals surface area contributed by atoms with E-state index in [1.54, 1.807) is 18.2 Å². The normalized spacial score (nSPS) is 11.0. The van der Waals surface area contributed by atoms with Crippen molar-refractivity contribution in [3.05, 3.63) is 28.5 Å². The van der Waals surface area contributed by atoms with Crippen LogP contribution in [-0.4, -0.2) is 15.2 Å². The summed E-state index contributed by atoms with van der Waals surface area (Å²) in [6.07, 6.45) is 0. The van der Waals surface area contributed by atoms with Crippen molar-refractivity contribution in [3.8, 4) is 17.2 Å². The number of phenols is 1. The van der Waals surface area contributed by atoms with Crippen LogP contribution in [0, 0.1) is 0 Å². The Balaban J connectivity index is 2.46. The molecule has 0 spiro atoms. The van der Waals surface area contributed by atoms with Gasteiger partial charge in [-0.05, 0) is 18.2 Å². The lowest BCUT2D eigenvalue weighted by Gasteiger charge is -1.99. The first-order valence-corrected chi connectivity index (χ1v) is 5.69. The van der Waals surface area contributed by atoms with E-state index in [2.05, 4.69) is 26.1 Å². The fourth-order valence-electron chi connectivity index (χ4n) is 1.26. The summed E-state index contributed by atoms with van der Waals surface area (Å²) in [6, 6.07) is 5.07. The van der Waals surface area contributed by atoms with Gasteiger partial charge in [-0.25, -0.2) is 0 Å². The number of hydrogen-bond donors (Lipinski definition) is 1. The molecule has 0 fully saturated rings. The first-order valence-electron chi connectivity index (χ1n) is 4.90. The van der Waals surface area contributed by atoms with E-state index in [1.165, 1.54) is 0 Å². The highest BCUT2D eigenvalue weighted by Crippen LogP contribution is 2.31. The first-order chi connectivity index (χ1) is 7.58. The predicted octanol–water partition coefficient (Wildman–Crippen LogP) is 3.33. The zero-order chi connectivity index (χ0) is 11.7. The van der Waals surface area contributed by atoms with Crippen LogP contribution in [0.3, 0.4) is 0 Å². The molecule has 0 amide bonds. The van der Waals surface area contributed by atoms with Crippen molar-refractivity contribution in [1.82, 2.24) is 10.1 Å².